The zero-order valence-electron chi connectivity index (χ0n) is 6.91. The van der Waals surface area contributed by atoms with Gasteiger partial charge in [0, 0.05) is 7.11 Å². The summed E-state index contributed by atoms with van der Waals surface area (Å²) >= 11 is 0. The van der Waals surface area contributed by atoms with Crippen molar-refractivity contribution in [3.05, 3.63) is 0 Å². The van der Waals surface area contributed by atoms with Crippen molar-refractivity contribution in [3.63, 3.8) is 0 Å². The van der Waals surface area contributed by atoms with Gasteiger partial charge in [-0.2, -0.15) is 0 Å². The zero-order valence-corrected chi connectivity index (χ0v) is 6.91. The van der Waals surface area contributed by atoms with Gasteiger partial charge in [0.1, 0.15) is 6.10 Å². The van der Waals surface area contributed by atoms with Gasteiger partial charge >= 0.3 is 5.97 Å². The monoisotopic (exact) mass is 190 g/mol. The molecular formula is C7H10O6. The van der Waals surface area contributed by atoms with Crippen molar-refractivity contribution in [1.82, 2.24) is 0 Å². The summed E-state index contributed by atoms with van der Waals surface area (Å²) < 4.78 is 9.17. The summed E-state index contributed by atoms with van der Waals surface area (Å²) in [5.41, 5.74) is 0. The average Bonchev–Trinajstić information content (AvgIpc) is 2.36. The van der Waals surface area contributed by atoms with Crippen LogP contribution < -0.4 is 0 Å². The van der Waals surface area contributed by atoms with Crippen LogP contribution in [0.2, 0.25) is 0 Å². The Kier molecular flexibility index (Phi) is 2.97. The predicted molar refractivity (Wildman–Crippen MR) is 38.8 cm³/mol. The van der Waals surface area contributed by atoms with Crippen molar-refractivity contribution in [2.24, 2.45) is 0 Å². The summed E-state index contributed by atoms with van der Waals surface area (Å²) in [6.07, 6.45) is -4.77. The lowest BCUT2D eigenvalue weighted by Crippen LogP contribution is -2.40. The van der Waals surface area contributed by atoms with Crippen molar-refractivity contribution in [1.29, 1.82) is 0 Å². The van der Waals surface area contributed by atoms with E-state index in [9.17, 15) is 14.7 Å². The molecule has 1 aliphatic heterocycles. The smallest absolute Gasteiger partial charge is 0.338 e. The number of hydrogen-bond donors (Lipinski definition) is 2. The molecule has 0 spiro atoms. The van der Waals surface area contributed by atoms with Crippen molar-refractivity contribution in [2.45, 2.75) is 24.4 Å². The van der Waals surface area contributed by atoms with Gasteiger partial charge in [0.15, 0.2) is 24.6 Å². The fraction of sp³-hybridized carbons (Fsp3) is 0.714. The van der Waals surface area contributed by atoms with Gasteiger partial charge in [-0.25, -0.2) is 4.79 Å². The van der Waals surface area contributed by atoms with E-state index in [1.807, 2.05) is 0 Å². The second kappa shape index (κ2) is 3.82. The van der Waals surface area contributed by atoms with E-state index >= 15 is 0 Å². The topological polar surface area (TPSA) is 93.1 Å². The summed E-state index contributed by atoms with van der Waals surface area (Å²) in [5, 5.41) is 18.2. The molecule has 6 nitrogen and oxygen atoms in total. The van der Waals surface area contributed by atoms with Gasteiger partial charge in [-0.1, -0.05) is 0 Å². The predicted octanol–water partition coefficient (Wildman–Crippen LogP) is -2.15. The van der Waals surface area contributed by atoms with Crippen molar-refractivity contribution in [3.8, 4) is 0 Å². The Morgan fingerprint density at radius 2 is 2.23 bits per heavy atom. The van der Waals surface area contributed by atoms with E-state index < -0.39 is 30.4 Å². The number of aldehydes is 1. The second-order valence-corrected chi connectivity index (χ2v) is 2.67. The van der Waals surface area contributed by atoms with E-state index in [1.54, 1.807) is 0 Å². The number of aliphatic hydroxyl groups is 2. The first kappa shape index (κ1) is 10.1. The SMILES string of the molecule is COC(C=O)C1OC(=O)C(O)C1O. The molecule has 0 radical (unpaired) electrons. The first-order chi connectivity index (χ1) is 6.11. The Bertz CT molecular complexity index is 215. The highest BCUT2D eigenvalue weighted by molar-refractivity contribution is 5.78. The van der Waals surface area contributed by atoms with E-state index in [4.69, 9.17) is 5.11 Å². The van der Waals surface area contributed by atoms with Gasteiger partial charge in [0.05, 0.1) is 0 Å². The largest absolute Gasteiger partial charge is 0.454 e. The Morgan fingerprint density at radius 3 is 2.54 bits per heavy atom. The van der Waals surface area contributed by atoms with Gasteiger partial charge in [-0.05, 0) is 0 Å². The Hall–Kier alpha value is -0.980. The summed E-state index contributed by atoms with van der Waals surface area (Å²) in [6.45, 7) is 0. The lowest BCUT2D eigenvalue weighted by atomic mass is 10.1. The molecule has 0 amide bonds. The second-order valence-electron chi connectivity index (χ2n) is 2.67. The number of cyclic esters (lactones) is 1. The maximum atomic E-state index is 10.7. The highest BCUT2D eigenvalue weighted by Gasteiger charge is 2.46. The van der Waals surface area contributed by atoms with E-state index in [0.29, 0.717) is 6.29 Å². The molecule has 6 heteroatoms. The molecule has 1 heterocycles. The minimum absolute atomic E-state index is 0.402. The van der Waals surface area contributed by atoms with Crippen molar-refractivity contribution < 1.29 is 29.3 Å². The van der Waals surface area contributed by atoms with Crippen LogP contribution >= 0.6 is 0 Å². The quantitative estimate of drug-likeness (QED) is 0.389. The molecule has 1 saturated heterocycles. The Morgan fingerprint density at radius 1 is 1.62 bits per heavy atom. The number of esters is 1. The lowest BCUT2D eigenvalue weighted by Gasteiger charge is -2.18. The Labute approximate surface area is 74.1 Å². The maximum Gasteiger partial charge on any atom is 0.338 e. The molecule has 74 valence electrons. The minimum Gasteiger partial charge on any atom is -0.454 e. The fourth-order valence-electron chi connectivity index (χ4n) is 1.12. The van der Waals surface area contributed by atoms with Crippen LogP contribution in [-0.2, 0) is 19.1 Å². The maximum absolute atomic E-state index is 10.7. The number of methoxy groups -OCH3 is 1. The molecule has 0 aliphatic carbocycles. The summed E-state index contributed by atoms with van der Waals surface area (Å²) in [6, 6.07) is 0. The Balaban J connectivity index is 2.72. The van der Waals surface area contributed by atoms with Gasteiger partial charge in [0.2, 0.25) is 0 Å². The molecule has 0 bridgehead atoms. The molecule has 13 heavy (non-hydrogen) atoms. The molecule has 0 aromatic rings. The summed E-state index contributed by atoms with van der Waals surface area (Å²) in [4.78, 5) is 21.1. The van der Waals surface area contributed by atoms with Crippen LogP contribution in [0, 0.1) is 0 Å². The molecular weight excluding hydrogens is 180 g/mol. The van der Waals surface area contributed by atoms with Crippen LogP contribution in [0.15, 0.2) is 0 Å². The zero-order chi connectivity index (χ0) is 10.0. The number of aliphatic hydroxyl groups excluding tert-OH is 2. The highest BCUT2D eigenvalue weighted by Crippen LogP contribution is 2.19. The average molecular weight is 190 g/mol. The molecule has 4 atom stereocenters. The number of carbonyl (C=O) groups is 2. The van der Waals surface area contributed by atoms with E-state index in [0.717, 1.165) is 0 Å². The van der Waals surface area contributed by atoms with E-state index in [2.05, 4.69) is 9.47 Å². The van der Waals surface area contributed by atoms with Gasteiger partial charge in [0.25, 0.3) is 0 Å². The highest BCUT2D eigenvalue weighted by atomic mass is 16.6. The van der Waals surface area contributed by atoms with E-state index in [1.165, 1.54) is 7.11 Å². The third kappa shape index (κ3) is 1.69. The van der Waals surface area contributed by atoms with Crippen LogP contribution in [0.1, 0.15) is 0 Å². The first-order valence-electron chi connectivity index (χ1n) is 3.66. The van der Waals surface area contributed by atoms with Crippen LogP contribution in [0.25, 0.3) is 0 Å². The van der Waals surface area contributed by atoms with Crippen LogP contribution in [0.5, 0.6) is 0 Å². The standard InChI is InChI=1S/C7H10O6/c1-12-3(2-8)6-4(9)5(10)7(11)13-6/h2-6,9-10H,1H3. The molecule has 1 aliphatic rings. The summed E-state index contributed by atoms with van der Waals surface area (Å²) in [5.74, 6) is -0.943. The third-order valence-corrected chi connectivity index (χ3v) is 1.88. The number of hydrogen-bond acceptors (Lipinski definition) is 6. The van der Waals surface area contributed by atoms with Crippen LogP contribution in [0.3, 0.4) is 0 Å². The van der Waals surface area contributed by atoms with Gasteiger partial charge < -0.3 is 24.5 Å². The summed E-state index contributed by atoms with van der Waals surface area (Å²) in [7, 11) is 1.24. The van der Waals surface area contributed by atoms with Crippen molar-refractivity contribution in [2.75, 3.05) is 7.11 Å². The van der Waals surface area contributed by atoms with Gasteiger partial charge in [-0.15, -0.1) is 0 Å². The molecule has 4 unspecified atom stereocenters. The van der Waals surface area contributed by atoms with Crippen LogP contribution in [-0.4, -0.2) is 54.0 Å². The van der Waals surface area contributed by atoms with Crippen LogP contribution in [0.4, 0.5) is 0 Å². The normalized spacial score (nSPS) is 35.6. The lowest BCUT2D eigenvalue weighted by molar-refractivity contribution is -0.152. The molecule has 0 aromatic heterocycles. The molecule has 1 fully saturated rings. The molecule has 1 rings (SSSR count). The molecule has 0 saturated carbocycles. The molecule has 0 aromatic carbocycles. The van der Waals surface area contributed by atoms with Crippen molar-refractivity contribution >= 4 is 12.3 Å². The van der Waals surface area contributed by atoms with Gasteiger partial charge in [-0.3, -0.25) is 0 Å². The number of carbonyl (C=O) groups excluding carboxylic acids is 2. The molecule has 2 N–H and O–H groups in total. The van der Waals surface area contributed by atoms with E-state index in [-0.39, 0.29) is 0 Å². The fourth-order valence-corrected chi connectivity index (χ4v) is 1.12. The number of rotatable bonds is 3. The minimum atomic E-state index is -1.59. The number of ether oxygens (including phenoxy) is 2. The first-order valence-corrected chi connectivity index (χ1v) is 3.66. The third-order valence-electron chi connectivity index (χ3n) is 1.88.